The number of halogens is 2. The van der Waals surface area contributed by atoms with Gasteiger partial charge in [-0.3, -0.25) is 4.79 Å². The van der Waals surface area contributed by atoms with Gasteiger partial charge >= 0.3 is 7.12 Å². The molecule has 4 nitrogen and oxygen atoms in total. The van der Waals surface area contributed by atoms with Crippen LogP contribution in [0.1, 0.15) is 40.2 Å². The molecule has 130 valence electrons. The molecule has 1 saturated heterocycles. The average Bonchev–Trinajstić information content (AvgIpc) is 2.67. The summed E-state index contributed by atoms with van der Waals surface area (Å²) >= 11 is 5.84. The lowest BCUT2D eigenvalue weighted by Gasteiger charge is -2.32. The quantitative estimate of drug-likeness (QED) is 0.841. The monoisotopic (exact) mass is 353 g/mol. The predicted molar refractivity (Wildman–Crippen MR) is 94.2 cm³/mol. The Labute approximate surface area is 147 Å². The average molecular weight is 354 g/mol. The SMILES string of the molecule is CC(=O)NCC(=Cc1cccc(Cl)c1F)B1OC(C)(C)C(C)(C)O1. The molecule has 0 saturated carbocycles. The minimum Gasteiger partial charge on any atom is -0.400 e. The van der Waals surface area contributed by atoms with Gasteiger partial charge in [0, 0.05) is 19.0 Å². The Kier molecular flexibility index (Phi) is 5.42. The first-order valence-electron chi connectivity index (χ1n) is 7.78. The Morgan fingerprint density at radius 3 is 2.42 bits per heavy atom. The zero-order chi connectivity index (χ0) is 18.1. The summed E-state index contributed by atoms with van der Waals surface area (Å²) in [6.45, 7) is 9.35. The third kappa shape index (κ3) is 3.99. The molecular weight excluding hydrogens is 331 g/mol. The van der Waals surface area contributed by atoms with Crippen LogP contribution in [0.4, 0.5) is 4.39 Å². The maximum absolute atomic E-state index is 14.2. The fourth-order valence-corrected chi connectivity index (χ4v) is 2.44. The maximum Gasteiger partial charge on any atom is 0.492 e. The van der Waals surface area contributed by atoms with Gasteiger partial charge in [-0.1, -0.05) is 29.8 Å². The number of amides is 1. The smallest absolute Gasteiger partial charge is 0.400 e. The Morgan fingerprint density at radius 2 is 1.88 bits per heavy atom. The van der Waals surface area contributed by atoms with Crippen LogP contribution in [0.15, 0.2) is 23.7 Å². The van der Waals surface area contributed by atoms with Crippen molar-refractivity contribution in [1.82, 2.24) is 5.32 Å². The number of hydrogen-bond acceptors (Lipinski definition) is 3. The van der Waals surface area contributed by atoms with Gasteiger partial charge in [0.05, 0.1) is 16.2 Å². The molecule has 0 unspecified atom stereocenters. The van der Waals surface area contributed by atoms with E-state index in [9.17, 15) is 9.18 Å². The normalized spacial score (nSPS) is 19.5. The fourth-order valence-electron chi connectivity index (χ4n) is 2.26. The molecule has 0 aromatic heterocycles. The second kappa shape index (κ2) is 6.86. The topological polar surface area (TPSA) is 47.6 Å². The number of carbonyl (C=O) groups is 1. The van der Waals surface area contributed by atoms with Crippen LogP contribution >= 0.6 is 11.6 Å². The van der Waals surface area contributed by atoms with E-state index in [1.165, 1.54) is 13.0 Å². The highest BCUT2D eigenvalue weighted by Gasteiger charge is 2.52. The van der Waals surface area contributed by atoms with Crippen molar-refractivity contribution in [1.29, 1.82) is 0 Å². The van der Waals surface area contributed by atoms with Gasteiger partial charge in [0.15, 0.2) is 0 Å². The molecule has 1 aromatic rings. The molecule has 2 rings (SSSR count). The predicted octanol–water partition coefficient (Wildman–Crippen LogP) is 3.63. The Hall–Kier alpha value is -1.37. The minimum absolute atomic E-state index is 0.0385. The van der Waals surface area contributed by atoms with Crippen LogP contribution in [0.25, 0.3) is 6.08 Å². The van der Waals surface area contributed by atoms with Crippen LogP contribution < -0.4 is 5.32 Å². The van der Waals surface area contributed by atoms with E-state index in [-0.39, 0.29) is 17.5 Å². The number of carbonyl (C=O) groups excluding carboxylic acids is 1. The van der Waals surface area contributed by atoms with Crippen molar-refractivity contribution in [2.45, 2.75) is 45.8 Å². The number of benzene rings is 1. The third-order valence-electron chi connectivity index (χ3n) is 4.42. The molecule has 1 aliphatic rings. The van der Waals surface area contributed by atoms with Crippen molar-refractivity contribution in [2.75, 3.05) is 6.54 Å². The molecule has 0 bridgehead atoms. The van der Waals surface area contributed by atoms with E-state index in [0.29, 0.717) is 11.0 Å². The van der Waals surface area contributed by atoms with Gasteiger partial charge in [0.25, 0.3) is 0 Å². The van der Waals surface area contributed by atoms with Crippen molar-refractivity contribution in [2.24, 2.45) is 0 Å². The first-order valence-corrected chi connectivity index (χ1v) is 8.16. The van der Waals surface area contributed by atoms with Gasteiger partial charge in [-0.2, -0.15) is 0 Å². The van der Waals surface area contributed by atoms with E-state index in [2.05, 4.69) is 5.32 Å². The van der Waals surface area contributed by atoms with Crippen LogP contribution in [-0.4, -0.2) is 30.8 Å². The van der Waals surface area contributed by atoms with Crippen LogP contribution in [0.5, 0.6) is 0 Å². The lowest BCUT2D eigenvalue weighted by molar-refractivity contribution is -0.118. The molecule has 7 heteroatoms. The molecule has 0 radical (unpaired) electrons. The lowest BCUT2D eigenvalue weighted by atomic mass is 9.77. The fraction of sp³-hybridized carbons (Fsp3) is 0.471. The highest BCUT2D eigenvalue weighted by Crippen LogP contribution is 2.38. The molecule has 1 amide bonds. The molecule has 0 spiro atoms. The summed E-state index contributed by atoms with van der Waals surface area (Å²) in [7, 11) is -0.680. The Balaban J connectivity index is 2.37. The zero-order valence-corrected chi connectivity index (χ0v) is 15.3. The van der Waals surface area contributed by atoms with Crippen LogP contribution in [0.3, 0.4) is 0 Å². The maximum atomic E-state index is 14.2. The summed E-state index contributed by atoms with van der Waals surface area (Å²) in [4.78, 5) is 11.3. The van der Waals surface area contributed by atoms with Crippen molar-refractivity contribution in [3.8, 4) is 0 Å². The van der Waals surface area contributed by atoms with E-state index in [1.54, 1.807) is 18.2 Å². The van der Waals surface area contributed by atoms with Crippen molar-refractivity contribution < 1.29 is 18.5 Å². The third-order valence-corrected chi connectivity index (χ3v) is 4.71. The summed E-state index contributed by atoms with van der Waals surface area (Å²) < 4.78 is 26.2. The second-order valence-electron chi connectivity index (χ2n) is 6.86. The molecule has 0 atom stereocenters. The second-order valence-corrected chi connectivity index (χ2v) is 7.27. The Bertz CT molecular complexity index is 660. The van der Waals surface area contributed by atoms with Gasteiger partial charge < -0.3 is 14.6 Å². The highest BCUT2D eigenvalue weighted by molar-refractivity contribution is 6.56. The van der Waals surface area contributed by atoms with Gasteiger partial charge in [0.2, 0.25) is 5.91 Å². The summed E-state index contributed by atoms with van der Waals surface area (Å²) in [6.07, 6.45) is 1.61. The number of rotatable bonds is 4. The molecule has 1 fully saturated rings. The van der Waals surface area contributed by atoms with Gasteiger partial charge in [0.1, 0.15) is 5.82 Å². The van der Waals surface area contributed by atoms with Crippen molar-refractivity contribution in [3.05, 3.63) is 40.1 Å². The van der Waals surface area contributed by atoms with E-state index in [1.807, 2.05) is 27.7 Å². The van der Waals surface area contributed by atoms with Crippen LogP contribution in [0, 0.1) is 5.82 Å². The van der Waals surface area contributed by atoms with Gasteiger partial charge in [-0.25, -0.2) is 4.39 Å². The minimum atomic E-state index is -0.680. The summed E-state index contributed by atoms with van der Waals surface area (Å²) in [5.74, 6) is -0.708. The van der Waals surface area contributed by atoms with Gasteiger partial charge in [-0.05, 0) is 39.2 Å². The number of hydrogen-bond donors (Lipinski definition) is 1. The lowest BCUT2D eigenvalue weighted by Crippen LogP contribution is -2.41. The largest absolute Gasteiger partial charge is 0.492 e. The molecule has 1 N–H and O–H groups in total. The first kappa shape index (κ1) is 19.0. The molecule has 1 heterocycles. The van der Waals surface area contributed by atoms with Crippen LogP contribution in [-0.2, 0) is 14.1 Å². The van der Waals surface area contributed by atoms with Crippen molar-refractivity contribution in [3.63, 3.8) is 0 Å². The molecular formula is C17H22BClFNO3. The first-order chi connectivity index (χ1) is 11.0. The standard InChI is InChI=1S/C17H22BClFNO3/c1-11(22)21-10-13(9-12-7-6-8-14(19)15(12)20)18-23-16(2,3)17(4,5)24-18/h6-9H,10H2,1-5H3,(H,21,22). The van der Waals surface area contributed by atoms with E-state index in [4.69, 9.17) is 20.9 Å². The molecule has 1 aromatic carbocycles. The summed E-state index contributed by atoms with van der Waals surface area (Å²) in [6, 6.07) is 4.76. The van der Waals surface area contributed by atoms with E-state index >= 15 is 0 Å². The summed E-state index contributed by atoms with van der Waals surface area (Å²) in [5, 5.41) is 2.75. The molecule has 24 heavy (non-hydrogen) atoms. The van der Waals surface area contributed by atoms with Crippen LogP contribution in [0.2, 0.25) is 5.02 Å². The van der Waals surface area contributed by atoms with Gasteiger partial charge in [-0.15, -0.1) is 0 Å². The molecule has 1 aliphatic heterocycles. The zero-order valence-electron chi connectivity index (χ0n) is 14.6. The van der Waals surface area contributed by atoms with E-state index in [0.717, 1.165) is 0 Å². The number of nitrogens with one attached hydrogen (secondary N) is 1. The highest BCUT2D eigenvalue weighted by atomic mass is 35.5. The summed E-state index contributed by atoms with van der Waals surface area (Å²) in [5.41, 5.74) is -0.123. The molecule has 0 aliphatic carbocycles. The Morgan fingerprint density at radius 1 is 1.29 bits per heavy atom. The van der Waals surface area contributed by atoms with Crippen molar-refractivity contribution >= 4 is 30.7 Å². The van der Waals surface area contributed by atoms with E-state index < -0.39 is 24.1 Å².